The van der Waals surface area contributed by atoms with Gasteiger partial charge < -0.3 is 5.73 Å². The number of aromatic nitrogens is 2. The molecular weight excluding hydrogens is 178 g/mol. The second-order valence-electron chi connectivity index (χ2n) is 4.03. The van der Waals surface area contributed by atoms with Crippen LogP contribution in [0, 0.1) is 0 Å². The third-order valence-corrected chi connectivity index (χ3v) is 2.14. The van der Waals surface area contributed by atoms with Crippen LogP contribution in [0.25, 0.3) is 0 Å². The van der Waals surface area contributed by atoms with E-state index in [4.69, 9.17) is 5.73 Å². The first-order chi connectivity index (χ1) is 6.43. The lowest BCUT2D eigenvalue weighted by molar-refractivity contribution is 0.0993. The summed E-state index contributed by atoms with van der Waals surface area (Å²) in [6.45, 7) is 8.08. The van der Waals surface area contributed by atoms with Crippen LogP contribution in [0.4, 0.5) is 0 Å². The summed E-state index contributed by atoms with van der Waals surface area (Å²) in [5.41, 5.74) is 6.57. The molecule has 0 aromatic carbocycles. The third-order valence-electron chi connectivity index (χ3n) is 2.14. The quantitative estimate of drug-likeness (QED) is 0.797. The second kappa shape index (κ2) is 3.82. The van der Waals surface area contributed by atoms with E-state index in [2.05, 4.69) is 5.10 Å². The minimum absolute atomic E-state index is 0.251. The Morgan fingerprint density at radius 3 is 2.29 bits per heavy atom. The molecule has 0 aliphatic rings. The maximum Gasteiger partial charge on any atom is 0.269 e. The Bertz CT molecular complexity index is 339. The largest absolute Gasteiger partial charge is 0.364 e. The predicted octanol–water partition coefficient (Wildman–Crippen LogP) is 1.69. The standard InChI is InChI=1S/C10H17N3O/c1-6(2)8-5-13(7(3)4)12-9(8)10(11)14/h5-7H,1-4H3,(H2,11,14). The van der Waals surface area contributed by atoms with Gasteiger partial charge in [0.2, 0.25) is 0 Å². The highest BCUT2D eigenvalue weighted by Crippen LogP contribution is 2.19. The maximum absolute atomic E-state index is 11.1. The molecule has 0 atom stereocenters. The molecule has 14 heavy (non-hydrogen) atoms. The number of rotatable bonds is 3. The van der Waals surface area contributed by atoms with E-state index < -0.39 is 5.91 Å². The van der Waals surface area contributed by atoms with Crippen molar-refractivity contribution in [3.63, 3.8) is 0 Å². The van der Waals surface area contributed by atoms with Crippen molar-refractivity contribution in [3.05, 3.63) is 17.5 Å². The highest BCUT2D eigenvalue weighted by Gasteiger charge is 2.17. The fourth-order valence-corrected chi connectivity index (χ4v) is 1.28. The molecule has 0 saturated heterocycles. The van der Waals surface area contributed by atoms with Gasteiger partial charge in [0, 0.05) is 17.8 Å². The van der Waals surface area contributed by atoms with Gasteiger partial charge >= 0.3 is 0 Å². The summed E-state index contributed by atoms with van der Waals surface area (Å²) in [6, 6.07) is 0.251. The van der Waals surface area contributed by atoms with Crippen molar-refractivity contribution >= 4 is 5.91 Å². The number of nitrogens with two attached hydrogens (primary N) is 1. The highest BCUT2D eigenvalue weighted by molar-refractivity contribution is 5.92. The summed E-state index contributed by atoms with van der Waals surface area (Å²) in [4.78, 5) is 11.1. The summed E-state index contributed by atoms with van der Waals surface area (Å²) in [5.74, 6) is -0.182. The molecule has 1 aromatic heterocycles. The number of hydrogen-bond acceptors (Lipinski definition) is 2. The van der Waals surface area contributed by atoms with E-state index >= 15 is 0 Å². The summed E-state index contributed by atoms with van der Waals surface area (Å²) in [7, 11) is 0. The third kappa shape index (κ3) is 1.95. The lowest BCUT2D eigenvalue weighted by Gasteiger charge is -2.03. The van der Waals surface area contributed by atoms with Crippen LogP contribution in [-0.2, 0) is 0 Å². The lowest BCUT2D eigenvalue weighted by Crippen LogP contribution is -2.15. The Morgan fingerprint density at radius 1 is 1.43 bits per heavy atom. The van der Waals surface area contributed by atoms with E-state index in [9.17, 15) is 4.79 Å². The first-order valence-corrected chi connectivity index (χ1v) is 4.82. The van der Waals surface area contributed by atoms with Crippen LogP contribution in [0.1, 0.15) is 55.7 Å². The van der Waals surface area contributed by atoms with E-state index in [1.54, 1.807) is 4.68 Å². The van der Waals surface area contributed by atoms with Gasteiger partial charge in [-0.25, -0.2) is 0 Å². The number of nitrogens with zero attached hydrogens (tertiary/aromatic N) is 2. The Morgan fingerprint density at radius 2 is 2.00 bits per heavy atom. The number of hydrogen-bond donors (Lipinski definition) is 1. The first-order valence-electron chi connectivity index (χ1n) is 4.82. The molecular formula is C10H17N3O. The van der Waals surface area contributed by atoms with E-state index in [1.807, 2.05) is 33.9 Å². The smallest absolute Gasteiger partial charge is 0.269 e. The zero-order valence-corrected chi connectivity index (χ0v) is 9.11. The molecule has 78 valence electrons. The molecule has 0 bridgehead atoms. The molecule has 0 aliphatic carbocycles. The number of amides is 1. The molecule has 0 unspecified atom stereocenters. The molecule has 0 aliphatic heterocycles. The molecule has 4 nitrogen and oxygen atoms in total. The fraction of sp³-hybridized carbons (Fsp3) is 0.600. The number of carbonyl (C=O) groups excluding carboxylic acids is 1. The Balaban J connectivity index is 3.19. The van der Waals surface area contributed by atoms with Crippen molar-refractivity contribution in [2.24, 2.45) is 5.73 Å². The second-order valence-corrected chi connectivity index (χ2v) is 4.03. The minimum Gasteiger partial charge on any atom is -0.364 e. The predicted molar refractivity (Wildman–Crippen MR) is 55.2 cm³/mol. The van der Waals surface area contributed by atoms with E-state index in [-0.39, 0.29) is 12.0 Å². The van der Waals surface area contributed by atoms with Crippen LogP contribution in [0.2, 0.25) is 0 Å². The van der Waals surface area contributed by atoms with Crippen molar-refractivity contribution in [3.8, 4) is 0 Å². The monoisotopic (exact) mass is 195 g/mol. The molecule has 0 spiro atoms. The normalized spacial score (nSPS) is 11.3. The molecule has 0 fully saturated rings. The van der Waals surface area contributed by atoms with Crippen LogP contribution in [0.15, 0.2) is 6.20 Å². The van der Waals surface area contributed by atoms with Gasteiger partial charge in [-0.1, -0.05) is 13.8 Å². The summed E-state index contributed by atoms with van der Waals surface area (Å²) >= 11 is 0. The fourth-order valence-electron chi connectivity index (χ4n) is 1.28. The van der Waals surface area contributed by atoms with Gasteiger partial charge in [-0.15, -0.1) is 0 Å². The van der Waals surface area contributed by atoms with Gasteiger partial charge in [0.05, 0.1) is 0 Å². The van der Waals surface area contributed by atoms with E-state index in [1.165, 1.54) is 0 Å². The van der Waals surface area contributed by atoms with Crippen LogP contribution < -0.4 is 5.73 Å². The molecule has 1 amide bonds. The van der Waals surface area contributed by atoms with Crippen LogP contribution >= 0.6 is 0 Å². The molecule has 0 saturated carbocycles. The highest BCUT2D eigenvalue weighted by atomic mass is 16.1. The van der Waals surface area contributed by atoms with E-state index in [0.29, 0.717) is 5.69 Å². The zero-order chi connectivity index (χ0) is 10.9. The summed E-state index contributed by atoms with van der Waals surface area (Å²) in [5, 5.41) is 4.17. The van der Waals surface area contributed by atoms with Crippen LogP contribution in [-0.4, -0.2) is 15.7 Å². The Labute approximate surface area is 84.1 Å². The Hall–Kier alpha value is -1.32. The van der Waals surface area contributed by atoms with Crippen molar-refractivity contribution in [2.45, 2.75) is 39.7 Å². The summed E-state index contributed by atoms with van der Waals surface area (Å²) in [6.07, 6.45) is 1.90. The number of primary amides is 1. The van der Waals surface area contributed by atoms with Gasteiger partial charge in [0.15, 0.2) is 5.69 Å². The number of carbonyl (C=O) groups is 1. The minimum atomic E-state index is -0.451. The van der Waals surface area contributed by atoms with Gasteiger partial charge in [-0.2, -0.15) is 5.10 Å². The average Bonchev–Trinajstić information content (AvgIpc) is 2.47. The SMILES string of the molecule is CC(C)c1cn(C(C)C)nc1C(N)=O. The van der Waals surface area contributed by atoms with Crippen molar-refractivity contribution in [1.82, 2.24) is 9.78 Å². The van der Waals surface area contributed by atoms with Gasteiger partial charge in [-0.05, 0) is 19.8 Å². The van der Waals surface area contributed by atoms with Crippen molar-refractivity contribution in [2.75, 3.05) is 0 Å². The molecule has 1 aromatic rings. The van der Waals surface area contributed by atoms with Crippen LogP contribution in [0.3, 0.4) is 0 Å². The molecule has 0 radical (unpaired) electrons. The summed E-state index contributed by atoms with van der Waals surface area (Å²) < 4.78 is 1.77. The maximum atomic E-state index is 11.1. The molecule has 1 rings (SSSR count). The lowest BCUT2D eigenvalue weighted by atomic mass is 10.0. The molecule has 1 heterocycles. The topological polar surface area (TPSA) is 60.9 Å². The molecule has 2 N–H and O–H groups in total. The van der Waals surface area contributed by atoms with Crippen LogP contribution in [0.5, 0.6) is 0 Å². The van der Waals surface area contributed by atoms with Gasteiger partial charge in [0.1, 0.15) is 0 Å². The van der Waals surface area contributed by atoms with Gasteiger partial charge in [-0.3, -0.25) is 9.48 Å². The first kappa shape index (κ1) is 10.8. The molecule has 4 heteroatoms. The van der Waals surface area contributed by atoms with Crippen molar-refractivity contribution in [1.29, 1.82) is 0 Å². The van der Waals surface area contributed by atoms with Gasteiger partial charge in [0.25, 0.3) is 5.91 Å². The Kier molecular flexibility index (Phi) is 2.93. The zero-order valence-electron chi connectivity index (χ0n) is 9.11. The van der Waals surface area contributed by atoms with Crippen molar-refractivity contribution < 1.29 is 4.79 Å². The average molecular weight is 195 g/mol. The van der Waals surface area contributed by atoms with E-state index in [0.717, 1.165) is 5.56 Å².